The maximum Gasteiger partial charge on any atom is 0.309 e. The van der Waals surface area contributed by atoms with Crippen molar-refractivity contribution in [1.82, 2.24) is 9.97 Å². The smallest absolute Gasteiger partial charge is 0.309 e. The summed E-state index contributed by atoms with van der Waals surface area (Å²) in [4.78, 5) is 20.4. The highest BCUT2D eigenvalue weighted by atomic mass is 16.5. The van der Waals surface area contributed by atoms with E-state index in [1.165, 1.54) is 0 Å². The second kappa shape index (κ2) is 4.37. The van der Waals surface area contributed by atoms with Gasteiger partial charge < -0.3 is 4.74 Å². The van der Waals surface area contributed by atoms with Crippen molar-refractivity contribution in [1.29, 1.82) is 0 Å². The molecule has 2 aromatic heterocycles. The van der Waals surface area contributed by atoms with Gasteiger partial charge in [0.25, 0.3) is 0 Å². The van der Waals surface area contributed by atoms with Gasteiger partial charge in [-0.25, -0.2) is 0 Å². The van der Waals surface area contributed by atoms with Crippen LogP contribution in [0.1, 0.15) is 25.0 Å². The van der Waals surface area contributed by atoms with Crippen molar-refractivity contribution >= 4 is 17.0 Å². The third-order valence-electron chi connectivity index (χ3n) is 3.24. The number of esters is 1. The van der Waals surface area contributed by atoms with E-state index in [2.05, 4.69) is 9.97 Å². The Balaban J connectivity index is 1.82. The molecule has 0 aromatic carbocycles. The van der Waals surface area contributed by atoms with E-state index in [1.54, 1.807) is 6.20 Å². The molecule has 0 spiro atoms. The Morgan fingerprint density at radius 2 is 2.28 bits per heavy atom. The molecule has 0 amide bonds. The van der Waals surface area contributed by atoms with Crippen LogP contribution in [-0.4, -0.2) is 22.5 Å². The van der Waals surface area contributed by atoms with Gasteiger partial charge >= 0.3 is 5.97 Å². The van der Waals surface area contributed by atoms with Crippen LogP contribution >= 0.6 is 0 Å². The highest BCUT2D eigenvalue weighted by molar-refractivity contribution is 5.78. The summed E-state index contributed by atoms with van der Waals surface area (Å²) in [5.41, 5.74) is 2.73. The number of hydrogen-bond donors (Lipinski definition) is 0. The van der Waals surface area contributed by atoms with Gasteiger partial charge in [0.1, 0.15) is 0 Å². The molecule has 0 unspecified atom stereocenters. The average molecular weight is 242 g/mol. The predicted molar refractivity (Wildman–Crippen MR) is 67.0 cm³/mol. The van der Waals surface area contributed by atoms with E-state index in [1.807, 2.05) is 31.2 Å². The monoisotopic (exact) mass is 242 g/mol. The molecule has 0 aliphatic heterocycles. The number of pyridine rings is 2. The summed E-state index contributed by atoms with van der Waals surface area (Å²) in [6.07, 6.45) is 2.60. The maximum atomic E-state index is 11.6. The van der Waals surface area contributed by atoms with E-state index < -0.39 is 0 Å². The molecular weight excluding hydrogens is 228 g/mol. The zero-order valence-electron chi connectivity index (χ0n) is 10.2. The van der Waals surface area contributed by atoms with Crippen molar-refractivity contribution < 1.29 is 9.53 Å². The molecule has 0 bridgehead atoms. The quantitative estimate of drug-likeness (QED) is 0.775. The fourth-order valence-corrected chi connectivity index (χ4v) is 2.21. The van der Waals surface area contributed by atoms with Gasteiger partial charge in [-0.1, -0.05) is 0 Å². The third kappa shape index (κ3) is 1.94. The van der Waals surface area contributed by atoms with Gasteiger partial charge in [0.15, 0.2) is 0 Å². The van der Waals surface area contributed by atoms with Gasteiger partial charge in [-0.05, 0) is 37.6 Å². The molecule has 0 N–H and O–H groups in total. The molecule has 2 aromatic rings. The summed E-state index contributed by atoms with van der Waals surface area (Å²) in [5.74, 6) is 0.107. The number of carbonyl (C=O) groups excluding carboxylic acids is 1. The lowest BCUT2D eigenvalue weighted by Gasteiger charge is -2.02. The number of ether oxygens (including phenoxy) is 1. The largest absolute Gasteiger partial charge is 0.466 e. The number of carbonyl (C=O) groups is 1. The fraction of sp³-hybridized carbons (Fsp3) is 0.357. The number of fused-ring (bicyclic) bond motifs is 1. The van der Waals surface area contributed by atoms with Gasteiger partial charge in [0.05, 0.1) is 23.6 Å². The molecule has 1 aliphatic rings. The lowest BCUT2D eigenvalue weighted by atomic mass is 10.2. The van der Waals surface area contributed by atoms with Crippen LogP contribution in [0.4, 0.5) is 0 Å². The van der Waals surface area contributed by atoms with Gasteiger partial charge in [-0.2, -0.15) is 0 Å². The van der Waals surface area contributed by atoms with Crippen molar-refractivity contribution in [2.24, 2.45) is 5.92 Å². The molecule has 2 atom stereocenters. The molecular formula is C14H14N2O2. The highest BCUT2D eigenvalue weighted by Crippen LogP contribution is 2.47. The summed E-state index contributed by atoms with van der Waals surface area (Å²) < 4.78 is 5.03. The van der Waals surface area contributed by atoms with Crippen LogP contribution in [0.3, 0.4) is 0 Å². The number of aromatic nitrogens is 2. The Labute approximate surface area is 105 Å². The van der Waals surface area contributed by atoms with E-state index >= 15 is 0 Å². The topological polar surface area (TPSA) is 52.1 Å². The van der Waals surface area contributed by atoms with Gasteiger partial charge in [0.2, 0.25) is 0 Å². The molecule has 18 heavy (non-hydrogen) atoms. The molecule has 2 heterocycles. The Kier molecular flexibility index (Phi) is 2.70. The molecule has 1 fully saturated rings. The van der Waals surface area contributed by atoms with E-state index in [0.29, 0.717) is 6.61 Å². The van der Waals surface area contributed by atoms with Crippen LogP contribution in [0.5, 0.6) is 0 Å². The van der Waals surface area contributed by atoms with Crippen LogP contribution in [0.25, 0.3) is 11.0 Å². The summed E-state index contributed by atoms with van der Waals surface area (Å²) >= 11 is 0. The van der Waals surface area contributed by atoms with E-state index in [0.717, 1.165) is 23.1 Å². The summed E-state index contributed by atoms with van der Waals surface area (Å²) in [5, 5.41) is 0. The van der Waals surface area contributed by atoms with Crippen molar-refractivity contribution in [3.05, 3.63) is 36.2 Å². The van der Waals surface area contributed by atoms with Crippen molar-refractivity contribution in [2.45, 2.75) is 19.3 Å². The van der Waals surface area contributed by atoms with Gasteiger partial charge in [-0.3, -0.25) is 14.8 Å². The van der Waals surface area contributed by atoms with Crippen molar-refractivity contribution in [3.8, 4) is 0 Å². The van der Waals surface area contributed by atoms with Gasteiger partial charge in [-0.15, -0.1) is 0 Å². The second-order valence-electron chi connectivity index (χ2n) is 4.48. The second-order valence-corrected chi connectivity index (χ2v) is 4.48. The minimum absolute atomic E-state index is 0.00780. The Bertz CT molecular complexity index is 597. The minimum atomic E-state index is -0.101. The number of nitrogens with zero attached hydrogens (tertiary/aromatic N) is 2. The van der Waals surface area contributed by atoms with E-state index in [-0.39, 0.29) is 17.8 Å². The lowest BCUT2D eigenvalue weighted by Crippen LogP contribution is -2.07. The van der Waals surface area contributed by atoms with Crippen LogP contribution in [0.2, 0.25) is 0 Å². The Morgan fingerprint density at radius 1 is 1.39 bits per heavy atom. The Morgan fingerprint density at radius 3 is 3.11 bits per heavy atom. The zero-order valence-corrected chi connectivity index (χ0v) is 10.2. The zero-order chi connectivity index (χ0) is 12.5. The summed E-state index contributed by atoms with van der Waals surface area (Å²) in [6, 6.07) is 7.72. The summed E-state index contributed by atoms with van der Waals surface area (Å²) in [6.45, 7) is 2.27. The molecule has 4 nitrogen and oxygen atoms in total. The SMILES string of the molecule is CCOC(=O)[C@H]1C[C@@H]1c1ccc2ncccc2n1. The molecule has 0 saturated heterocycles. The third-order valence-corrected chi connectivity index (χ3v) is 3.24. The molecule has 1 saturated carbocycles. The van der Waals surface area contributed by atoms with E-state index in [4.69, 9.17) is 4.74 Å². The fourth-order valence-electron chi connectivity index (χ4n) is 2.21. The van der Waals surface area contributed by atoms with Crippen LogP contribution in [0, 0.1) is 5.92 Å². The molecule has 4 heteroatoms. The first kappa shape index (κ1) is 11.1. The highest BCUT2D eigenvalue weighted by Gasteiger charge is 2.46. The summed E-state index contributed by atoms with van der Waals surface area (Å²) in [7, 11) is 0. The van der Waals surface area contributed by atoms with Crippen molar-refractivity contribution in [2.75, 3.05) is 6.61 Å². The Hall–Kier alpha value is -1.97. The standard InChI is InChI=1S/C14H14N2O2/c1-2-18-14(17)10-8-9(10)11-5-6-12-13(16-11)4-3-7-15-12/h3-7,9-10H,2,8H2,1H3/t9-,10-/m0/s1. The average Bonchev–Trinajstić information content (AvgIpc) is 3.19. The molecule has 0 radical (unpaired) electrons. The first-order chi connectivity index (χ1) is 8.79. The first-order valence-corrected chi connectivity index (χ1v) is 6.18. The lowest BCUT2D eigenvalue weighted by molar-refractivity contribution is -0.144. The predicted octanol–water partition coefficient (Wildman–Crippen LogP) is 2.30. The molecule has 1 aliphatic carbocycles. The van der Waals surface area contributed by atoms with E-state index in [9.17, 15) is 4.79 Å². The first-order valence-electron chi connectivity index (χ1n) is 6.18. The number of hydrogen-bond acceptors (Lipinski definition) is 4. The molecule has 3 rings (SSSR count). The van der Waals surface area contributed by atoms with Crippen LogP contribution < -0.4 is 0 Å². The van der Waals surface area contributed by atoms with Gasteiger partial charge in [0, 0.05) is 17.8 Å². The van der Waals surface area contributed by atoms with Crippen LogP contribution in [-0.2, 0) is 9.53 Å². The normalized spacial score (nSPS) is 21.8. The maximum absolute atomic E-state index is 11.6. The minimum Gasteiger partial charge on any atom is -0.466 e. The van der Waals surface area contributed by atoms with Crippen LogP contribution in [0.15, 0.2) is 30.5 Å². The molecule has 92 valence electrons. The van der Waals surface area contributed by atoms with Crippen molar-refractivity contribution in [3.63, 3.8) is 0 Å². The number of rotatable bonds is 3.